The highest BCUT2D eigenvalue weighted by molar-refractivity contribution is 5.93. The minimum atomic E-state index is -0.469. The molecule has 3 aromatic heterocycles. The van der Waals surface area contributed by atoms with Crippen molar-refractivity contribution in [2.45, 2.75) is 32.4 Å². The molecule has 1 fully saturated rings. The van der Waals surface area contributed by atoms with Gasteiger partial charge >= 0.3 is 0 Å². The van der Waals surface area contributed by atoms with Crippen LogP contribution in [0.1, 0.15) is 34.7 Å². The second kappa shape index (κ2) is 7.28. The molecule has 0 saturated carbocycles. The van der Waals surface area contributed by atoms with Crippen molar-refractivity contribution in [3.63, 3.8) is 0 Å². The summed E-state index contributed by atoms with van der Waals surface area (Å²) in [6.07, 6.45) is 4.80. The van der Waals surface area contributed by atoms with E-state index in [0.717, 1.165) is 18.5 Å². The summed E-state index contributed by atoms with van der Waals surface area (Å²) < 4.78 is 6.87. The average molecular weight is 368 g/mol. The van der Waals surface area contributed by atoms with Crippen LogP contribution in [0, 0.1) is 6.92 Å². The first-order valence-corrected chi connectivity index (χ1v) is 8.87. The Hall–Kier alpha value is -3.07. The van der Waals surface area contributed by atoms with Crippen LogP contribution in [0.25, 0.3) is 5.78 Å². The lowest BCUT2D eigenvalue weighted by Crippen LogP contribution is -2.40. The standard InChI is InChI=1S/C18H20N6O3/c1-12-21-18-20-9-15(17(26)24(18)22-12)16(25)23(11-14-6-4-8-27-14)10-13-5-2-3-7-19-13/h2-3,5,7,9,14H,4,6,8,10-11H2,1H3,(H,20,21,22). The van der Waals surface area contributed by atoms with Gasteiger partial charge in [0.25, 0.3) is 17.2 Å². The Kier molecular flexibility index (Phi) is 4.68. The predicted octanol–water partition coefficient (Wildman–Crippen LogP) is 0.942. The molecular formula is C18H20N6O3. The van der Waals surface area contributed by atoms with E-state index in [9.17, 15) is 9.59 Å². The number of ether oxygens (including phenoxy) is 1. The summed E-state index contributed by atoms with van der Waals surface area (Å²) >= 11 is 0. The molecule has 0 spiro atoms. The molecule has 0 bridgehead atoms. The second-order valence-corrected chi connectivity index (χ2v) is 6.56. The third-order valence-corrected chi connectivity index (χ3v) is 4.53. The number of carbonyl (C=O) groups is 1. The van der Waals surface area contributed by atoms with E-state index in [2.05, 4.69) is 20.1 Å². The highest BCUT2D eigenvalue weighted by atomic mass is 16.5. The van der Waals surface area contributed by atoms with Gasteiger partial charge < -0.3 is 9.64 Å². The Morgan fingerprint density at radius 2 is 2.30 bits per heavy atom. The number of H-pyrrole nitrogens is 1. The summed E-state index contributed by atoms with van der Waals surface area (Å²) in [5.41, 5.74) is 0.268. The van der Waals surface area contributed by atoms with Gasteiger partial charge in [-0.05, 0) is 31.9 Å². The molecule has 1 N–H and O–H groups in total. The van der Waals surface area contributed by atoms with Crippen molar-refractivity contribution in [1.82, 2.24) is 29.5 Å². The van der Waals surface area contributed by atoms with Crippen molar-refractivity contribution < 1.29 is 9.53 Å². The molecule has 0 radical (unpaired) electrons. The maximum atomic E-state index is 13.2. The molecule has 1 aliphatic heterocycles. The summed E-state index contributed by atoms with van der Waals surface area (Å²) in [6, 6.07) is 5.54. The van der Waals surface area contributed by atoms with E-state index in [0.29, 0.717) is 25.5 Å². The molecule has 9 heteroatoms. The van der Waals surface area contributed by atoms with Crippen LogP contribution in [0.2, 0.25) is 0 Å². The van der Waals surface area contributed by atoms with Crippen LogP contribution >= 0.6 is 0 Å². The summed E-state index contributed by atoms with van der Waals surface area (Å²) in [6.45, 7) is 3.11. The van der Waals surface area contributed by atoms with Gasteiger partial charge in [0.15, 0.2) is 0 Å². The summed E-state index contributed by atoms with van der Waals surface area (Å²) in [7, 11) is 0. The van der Waals surface area contributed by atoms with Crippen molar-refractivity contribution in [2.75, 3.05) is 13.2 Å². The Morgan fingerprint density at radius 3 is 3.04 bits per heavy atom. The van der Waals surface area contributed by atoms with Crippen LogP contribution in [-0.4, -0.2) is 54.6 Å². The van der Waals surface area contributed by atoms with E-state index in [4.69, 9.17) is 4.74 Å². The number of aryl methyl sites for hydroxylation is 1. The topological polar surface area (TPSA) is 105 Å². The molecule has 3 aromatic rings. The van der Waals surface area contributed by atoms with Gasteiger partial charge in [0.05, 0.1) is 18.3 Å². The number of pyridine rings is 1. The van der Waals surface area contributed by atoms with Crippen molar-refractivity contribution in [3.8, 4) is 0 Å². The number of nitrogens with zero attached hydrogens (tertiary/aromatic N) is 5. The molecule has 1 aliphatic rings. The molecule has 4 rings (SSSR count). The molecule has 140 valence electrons. The van der Waals surface area contributed by atoms with Gasteiger partial charge in [0.1, 0.15) is 11.4 Å². The van der Waals surface area contributed by atoms with Gasteiger partial charge in [-0.3, -0.25) is 19.7 Å². The lowest BCUT2D eigenvalue weighted by molar-refractivity contribution is 0.0502. The van der Waals surface area contributed by atoms with Gasteiger partial charge in [0, 0.05) is 25.5 Å². The smallest absolute Gasteiger partial charge is 0.286 e. The predicted molar refractivity (Wildman–Crippen MR) is 96.3 cm³/mol. The van der Waals surface area contributed by atoms with Gasteiger partial charge in [-0.25, -0.2) is 4.98 Å². The van der Waals surface area contributed by atoms with Gasteiger partial charge in [0.2, 0.25) is 0 Å². The van der Waals surface area contributed by atoms with Gasteiger partial charge in [-0.2, -0.15) is 9.50 Å². The van der Waals surface area contributed by atoms with E-state index in [-0.39, 0.29) is 17.4 Å². The van der Waals surface area contributed by atoms with E-state index in [1.165, 1.54) is 10.7 Å². The lowest BCUT2D eigenvalue weighted by Gasteiger charge is -2.25. The number of hydrogen-bond acceptors (Lipinski definition) is 6. The number of nitrogens with one attached hydrogen (secondary N) is 1. The molecule has 1 saturated heterocycles. The van der Waals surface area contributed by atoms with Crippen molar-refractivity contribution in [1.29, 1.82) is 0 Å². The van der Waals surface area contributed by atoms with Crippen LogP contribution in [0.15, 0.2) is 35.4 Å². The zero-order chi connectivity index (χ0) is 18.8. The molecule has 1 amide bonds. The van der Waals surface area contributed by atoms with Crippen LogP contribution in [-0.2, 0) is 11.3 Å². The van der Waals surface area contributed by atoms with Crippen LogP contribution < -0.4 is 5.56 Å². The summed E-state index contributed by atoms with van der Waals surface area (Å²) in [5, 5.41) is 2.81. The number of fused-ring (bicyclic) bond motifs is 1. The number of rotatable bonds is 5. The average Bonchev–Trinajstić information content (AvgIpc) is 3.31. The Labute approximate surface area is 155 Å². The van der Waals surface area contributed by atoms with Crippen molar-refractivity contribution >= 4 is 11.7 Å². The monoisotopic (exact) mass is 368 g/mol. The fourth-order valence-corrected chi connectivity index (χ4v) is 3.22. The zero-order valence-electron chi connectivity index (χ0n) is 15.0. The number of aromatic nitrogens is 5. The molecule has 27 heavy (non-hydrogen) atoms. The van der Waals surface area contributed by atoms with Crippen molar-refractivity contribution in [2.24, 2.45) is 0 Å². The molecule has 1 atom stereocenters. The minimum Gasteiger partial charge on any atom is -0.376 e. The van der Waals surface area contributed by atoms with Crippen LogP contribution in [0.5, 0.6) is 0 Å². The SMILES string of the molecule is Cc1nc2ncc(C(=O)N(Cc3ccccn3)CC3CCCO3)c(=O)n2[nH]1. The third-order valence-electron chi connectivity index (χ3n) is 4.53. The minimum absolute atomic E-state index is 0.00919. The first kappa shape index (κ1) is 17.3. The number of carbonyl (C=O) groups excluding carboxylic acids is 1. The van der Waals surface area contributed by atoms with Gasteiger partial charge in [-0.1, -0.05) is 6.07 Å². The third kappa shape index (κ3) is 3.59. The summed E-state index contributed by atoms with van der Waals surface area (Å²) in [4.78, 5) is 40.0. The molecule has 4 heterocycles. The Bertz CT molecular complexity index is 1010. The number of amides is 1. The van der Waals surface area contributed by atoms with E-state index >= 15 is 0 Å². The second-order valence-electron chi connectivity index (χ2n) is 6.56. The fourth-order valence-electron chi connectivity index (χ4n) is 3.22. The molecule has 0 aromatic carbocycles. The van der Waals surface area contributed by atoms with Crippen LogP contribution in [0.4, 0.5) is 0 Å². The maximum absolute atomic E-state index is 13.2. The Morgan fingerprint density at radius 1 is 1.41 bits per heavy atom. The highest BCUT2D eigenvalue weighted by Gasteiger charge is 2.26. The quantitative estimate of drug-likeness (QED) is 0.719. The van der Waals surface area contributed by atoms with Crippen molar-refractivity contribution in [3.05, 3.63) is 58.0 Å². The maximum Gasteiger partial charge on any atom is 0.286 e. The Balaban J connectivity index is 1.66. The van der Waals surface area contributed by atoms with E-state index in [1.54, 1.807) is 18.0 Å². The first-order chi connectivity index (χ1) is 13.1. The zero-order valence-corrected chi connectivity index (χ0v) is 15.0. The van der Waals surface area contributed by atoms with Gasteiger partial charge in [-0.15, -0.1) is 0 Å². The summed E-state index contributed by atoms with van der Waals surface area (Å²) in [5.74, 6) is 0.397. The molecule has 0 aliphatic carbocycles. The molecular weight excluding hydrogens is 348 g/mol. The highest BCUT2D eigenvalue weighted by Crippen LogP contribution is 2.16. The lowest BCUT2D eigenvalue weighted by atomic mass is 10.2. The first-order valence-electron chi connectivity index (χ1n) is 8.87. The van der Waals surface area contributed by atoms with E-state index < -0.39 is 11.5 Å². The largest absolute Gasteiger partial charge is 0.376 e. The molecule has 1 unspecified atom stereocenters. The molecule has 9 nitrogen and oxygen atoms in total. The van der Waals surface area contributed by atoms with Crippen LogP contribution in [0.3, 0.4) is 0 Å². The van der Waals surface area contributed by atoms with E-state index in [1.807, 2.05) is 18.2 Å². The normalized spacial score (nSPS) is 16.7. The fraction of sp³-hybridized carbons (Fsp3) is 0.389. The number of aromatic amines is 1. The number of hydrogen-bond donors (Lipinski definition) is 1.